The van der Waals surface area contributed by atoms with E-state index in [4.69, 9.17) is 10.5 Å². The van der Waals surface area contributed by atoms with Crippen molar-refractivity contribution < 1.29 is 9.53 Å². The highest BCUT2D eigenvalue weighted by molar-refractivity contribution is 5.91. The number of rotatable bonds is 7. The van der Waals surface area contributed by atoms with E-state index in [1.165, 1.54) is 0 Å². The number of hydrogen-bond acceptors (Lipinski definition) is 4. The third-order valence-corrected chi connectivity index (χ3v) is 2.63. The van der Waals surface area contributed by atoms with E-state index in [0.717, 1.165) is 11.3 Å². The van der Waals surface area contributed by atoms with E-state index in [1.807, 2.05) is 35.0 Å². The Morgan fingerprint density at radius 3 is 3.10 bits per heavy atom. The minimum atomic E-state index is -0.182. The van der Waals surface area contributed by atoms with Gasteiger partial charge in [-0.15, -0.1) is 0 Å². The molecule has 1 heterocycles. The smallest absolute Gasteiger partial charge is 0.250 e. The third kappa shape index (κ3) is 4.49. The number of amides is 1. The molecule has 0 saturated heterocycles. The summed E-state index contributed by atoms with van der Waals surface area (Å²) < 4.78 is 7.05. The standard InChI is InChI=1S/C14H18N4O2/c15-4-7-20-10-14(19)17-13-3-1-2-12(8-13)9-18-6-5-16-11-18/h1-3,5-6,8,11H,4,7,9-10,15H2,(H,17,19). The molecule has 1 aromatic carbocycles. The normalized spacial score (nSPS) is 10.4. The molecule has 106 valence electrons. The summed E-state index contributed by atoms with van der Waals surface area (Å²) in [5.74, 6) is -0.182. The maximum Gasteiger partial charge on any atom is 0.250 e. The first-order chi connectivity index (χ1) is 9.78. The van der Waals surface area contributed by atoms with Crippen molar-refractivity contribution in [1.29, 1.82) is 0 Å². The molecule has 0 aliphatic rings. The van der Waals surface area contributed by atoms with Gasteiger partial charge in [-0.3, -0.25) is 4.79 Å². The van der Waals surface area contributed by atoms with Crippen molar-refractivity contribution in [2.24, 2.45) is 5.73 Å². The molecule has 1 aromatic heterocycles. The largest absolute Gasteiger partial charge is 0.370 e. The summed E-state index contributed by atoms with van der Waals surface area (Å²) >= 11 is 0. The number of ether oxygens (including phenoxy) is 1. The van der Waals surface area contributed by atoms with Crippen LogP contribution in [-0.4, -0.2) is 35.2 Å². The molecule has 0 unspecified atom stereocenters. The fourth-order valence-corrected chi connectivity index (χ4v) is 1.78. The van der Waals surface area contributed by atoms with E-state index in [2.05, 4.69) is 10.3 Å². The van der Waals surface area contributed by atoms with E-state index in [9.17, 15) is 4.79 Å². The van der Waals surface area contributed by atoms with E-state index >= 15 is 0 Å². The van der Waals surface area contributed by atoms with Gasteiger partial charge in [-0.2, -0.15) is 0 Å². The Balaban J connectivity index is 1.90. The quantitative estimate of drug-likeness (QED) is 0.733. The number of nitrogens with one attached hydrogen (secondary N) is 1. The first kappa shape index (κ1) is 14.2. The average molecular weight is 274 g/mol. The van der Waals surface area contributed by atoms with Crippen LogP contribution in [0.2, 0.25) is 0 Å². The summed E-state index contributed by atoms with van der Waals surface area (Å²) in [6, 6.07) is 7.68. The van der Waals surface area contributed by atoms with Crippen LogP contribution < -0.4 is 11.1 Å². The Hall–Kier alpha value is -2.18. The second-order valence-corrected chi connectivity index (χ2v) is 4.32. The van der Waals surface area contributed by atoms with E-state index < -0.39 is 0 Å². The zero-order chi connectivity index (χ0) is 14.2. The molecule has 0 radical (unpaired) electrons. The molecule has 0 atom stereocenters. The van der Waals surface area contributed by atoms with Gasteiger partial charge in [0.05, 0.1) is 12.9 Å². The second-order valence-electron chi connectivity index (χ2n) is 4.32. The highest BCUT2D eigenvalue weighted by Crippen LogP contribution is 2.11. The Kier molecular flexibility index (Phi) is 5.28. The zero-order valence-corrected chi connectivity index (χ0v) is 11.2. The monoisotopic (exact) mass is 274 g/mol. The number of benzene rings is 1. The van der Waals surface area contributed by atoms with Gasteiger partial charge in [0.2, 0.25) is 5.91 Å². The summed E-state index contributed by atoms with van der Waals surface area (Å²) in [7, 11) is 0. The van der Waals surface area contributed by atoms with Gasteiger partial charge < -0.3 is 20.4 Å². The summed E-state index contributed by atoms with van der Waals surface area (Å²) in [5, 5.41) is 2.79. The SMILES string of the molecule is NCCOCC(=O)Nc1cccc(Cn2ccnc2)c1. The van der Waals surface area contributed by atoms with Crippen molar-refractivity contribution in [2.75, 3.05) is 25.1 Å². The molecule has 0 saturated carbocycles. The van der Waals surface area contributed by atoms with Crippen molar-refractivity contribution >= 4 is 11.6 Å². The topological polar surface area (TPSA) is 82.2 Å². The second kappa shape index (κ2) is 7.42. The third-order valence-electron chi connectivity index (χ3n) is 2.63. The number of aromatic nitrogens is 2. The molecule has 0 bridgehead atoms. The summed E-state index contributed by atoms with van der Waals surface area (Å²) in [4.78, 5) is 15.6. The highest BCUT2D eigenvalue weighted by atomic mass is 16.5. The summed E-state index contributed by atoms with van der Waals surface area (Å²) in [6.45, 7) is 1.53. The lowest BCUT2D eigenvalue weighted by Crippen LogP contribution is -2.20. The minimum Gasteiger partial charge on any atom is -0.370 e. The van der Waals surface area contributed by atoms with Gasteiger partial charge in [0, 0.05) is 31.2 Å². The number of carbonyl (C=O) groups excluding carboxylic acids is 1. The predicted octanol–water partition coefficient (Wildman–Crippen LogP) is 0.845. The Morgan fingerprint density at radius 1 is 1.45 bits per heavy atom. The van der Waals surface area contributed by atoms with Crippen LogP contribution in [0.5, 0.6) is 0 Å². The van der Waals surface area contributed by atoms with E-state index in [-0.39, 0.29) is 12.5 Å². The van der Waals surface area contributed by atoms with Crippen molar-refractivity contribution in [2.45, 2.75) is 6.54 Å². The van der Waals surface area contributed by atoms with Crippen molar-refractivity contribution in [3.63, 3.8) is 0 Å². The van der Waals surface area contributed by atoms with Crippen LogP contribution >= 0.6 is 0 Å². The van der Waals surface area contributed by atoms with Gasteiger partial charge in [0.25, 0.3) is 0 Å². The van der Waals surface area contributed by atoms with Crippen LogP contribution in [-0.2, 0) is 16.1 Å². The van der Waals surface area contributed by atoms with Crippen LogP contribution in [0.25, 0.3) is 0 Å². The molecule has 3 N–H and O–H groups in total. The molecular weight excluding hydrogens is 256 g/mol. The van der Waals surface area contributed by atoms with Gasteiger partial charge in [-0.25, -0.2) is 4.98 Å². The van der Waals surface area contributed by atoms with Crippen LogP contribution in [0.15, 0.2) is 43.0 Å². The molecule has 2 rings (SSSR count). The van der Waals surface area contributed by atoms with E-state index in [0.29, 0.717) is 19.7 Å². The lowest BCUT2D eigenvalue weighted by Gasteiger charge is -2.08. The zero-order valence-electron chi connectivity index (χ0n) is 11.2. The number of anilines is 1. The number of imidazole rings is 1. The lowest BCUT2D eigenvalue weighted by atomic mass is 10.2. The van der Waals surface area contributed by atoms with Gasteiger partial charge in [-0.1, -0.05) is 12.1 Å². The van der Waals surface area contributed by atoms with Gasteiger partial charge in [-0.05, 0) is 17.7 Å². The molecule has 0 fully saturated rings. The molecule has 0 spiro atoms. The van der Waals surface area contributed by atoms with Crippen LogP contribution in [0.4, 0.5) is 5.69 Å². The molecule has 20 heavy (non-hydrogen) atoms. The van der Waals surface area contributed by atoms with Gasteiger partial charge >= 0.3 is 0 Å². The van der Waals surface area contributed by atoms with Crippen LogP contribution in [0.1, 0.15) is 5.56 Å². The number of carbonyl (C=O) groups is 1. The van der Waals surface area contributed by atoms with Crippen LogP contribution in [0, 0.1) is 0 Å². The van der Waals surface area contributed by atoms with Crippen molar-refractivity contribution in [3.8, 4) is 0 Å². The molecule has 1 amide bonds. The molecule has 6 nitrogen and oxygen atoms in total. The van der Waals surface area contributed by atoms with Gasteiger partial charge in [0.15, 0.2) is 0 Å². The maximum absolute atomic E-state index is 11.6. The summed E-state index contributed by atoms with van der Waals surface area (Å²) in [5.41, 5.74) is 7.13. The molecule has 2 aromatic rings. The molecule has 0 aliphatic heterocycles. The first-order valence-corrected chi connectivity index (χ1v) is 6.40. The lowest BCUT2D eigenvalue weighted by molar-refractivity contribution is -0.120. The predicted molar refractivity (Wildman–Crippen MR) is 76.3 cm³/mol. The fourth-order valence-electron chi connectivity index (χ4n) is 1.78. The number of nitrogens with zero attached hydrogens (tertiary/aromatic N) is 2. The first-order valence-electron chi connectivity index (χ1n) is 6.40. The number of hydrogen-bond donors (Lipinski definition) is 2. The highest BCUT2D eigenvalue weighted by Gasteiger charge is 2.03. The van der Waals surface area contributed by atoms with Crippen molar-refractivity contribution in [3.05, 3.63) is 48.5 Å². The average Bonchev–Trinajstić information content (AvgIpc) is 2.92. The van der Waals surface area contributed by atoms with Crippen molar-refractivity contribution in [1.82, 2.24) is 9.55 Å². The Bertz CT molecular complexity index is 540. The fraction of sp³-hybridized carbons (Fsp3) is 0.286. The Labute approximate surface area is 117 Å². The van der Waals surface area contributed by atoms with Crippen LogP contribution in [0.3, 0.4) is 0 Å². The number of nitrogens with two attached hydrogens (primary N) is 1. The Morgan fingerprint density at radius 2 is 2.35 bits per heavy atom. The van der Waals surface area contributed by atoms with E-state index in [1.54, 1.807) is 12.5 Å². The van der Waals surface area contributed by atoms with Gasteiger partial charge in [0.1, 0.15) is 6.61 Å². The molecular formula is C14H18N4O2. The minimum absolute atomic E-state index is 0.0168. The molecule has 0 aliphatic carbocycles. The molecule has 6 heteroatoms. The summed E-state index contributed by atoms with van der Waals surface area (Å²) in [6.07, 6.45) is 5.39. The maximum atomic E-state index is 11.6.